The predicted octanol–water partition coefficient (Wildman–Crippen LogP) is 2.48. The molecule has 0 saturated heterocycles. The number of hydrogen-bond donors (Lipinski definition) is 3. The Morgan fingerprint density at radius 3 is 2.46 bits per heavy atom. The highest BCUT2D eigenvalue weighted by atomic mass is 16.5. The monoisotopic (exact) mass is 328 g/mol. The van der Waals surface area contributed by atoms with Gasteiger partial charge in [-0.2, -0.15) is 0 Å². The number of ether oxygens (including phenoxy) is 1. The summed E-state index contributed by atoms with van der Waals surface area (Å²) in [4.78, 5) is 11.9. The number of benzene rings is 2. The Morgan fingerprint density at radius 2 is 1.79 bits per heavy atom. The molecule has 0 aliphatic heterocycles. The van der Waals surface area contributed by atoms with Crippen molar-refractivity contribution < 1.29 is 14.6 Å². The van der Waals surface area contributed by atoms with Crippen LogP contribution in [0.2, 0.25) is 0 Å². The first kappa shape index (κ1) is 18.0. The number of carbonyl (C=O) groups is 1. The van der Waals surface area contributed by atoms with Crippen LogP contribution in [0.3, 0.4) is 0 Å². The van der Waals surface area contributed by atoms with E-state index >= 15 is 0 Å². The number of aliphatic hydroxyl groups is 1. The third-order valence-electron chi connectivity index (χ3n) is 3.47. The summed E-state index contributed by atoms with van der Waals surface area (Å²) in [7, 11) is 0. The second-order valence-corrected chi connectivity index (χ2v) is 5.60. The van der Waals surface area contributed by atoms with Crippen LogP contribution in [-0.4, -0.2) is 30.8 Å². The average Bonchev–Trinajstić information content (AvgIpc) is 2.60. The van der Waals surface area contributed by atoms with E-state index in [9.17, 15) is 4.79 Å². The maximum Gasteiger partial charge on any atom is 0.262 e. The van der Waals surface area contributed by atoms with Crippen molar-refractivity contribution in [1.29, 1.82) is 0 Å². The van der Waals surface area contributed by atoms with Crippen molar-refractivity contribution in [2.24, 2.45) is 0 Å². The molecule has 0 aliphatic carbocycles. The van der Waals surface area contributed by atoms with Gasteiger partial charge in [-0.25, -0.2) is 0 Å². The van der Waals surface area contributed by atoms with E-state index in [1.165, 1.54) is 0 Å². The lowest BCUT2D eigenvalue weighted by atomic mass is 10.2. The summed E-state index contributed by atoms with van der Waals surface area (Å²) < 4.78 is 5.50. The summed E-state index contributed by atoms with van der Waals surface area (Å²) in [6, 6.07) is 15.2. The smallest absolute Gasteiger partial charge is 0.262 e. The van der Waals surface area contributed by atoms with Gasteiger partial charge in [0.2, 0.25) is 0 Å². The number of rotatable bonds is 9. The molecule has 0 atom stereocenters. The number of hydrogen-bond acceptors (Lipinski definition) is 4. The summed E-state index contributed by atoms with van der Waals surface area (Å²) in [6.45, 7) is 3.70. The zero-order valence-corrected chi connectivity index (χ0v) is 13.9. The molecule has 5 nitrogen and oxygen atoms in total. The average molecular weight is 328 g/mol. The van der Waals surface area contributed by atoms with Gasteiger partial charge in [0.05, 0.1) is 0 Å². The van der Waals surface area contributed by atoms with Crippen LogP contribution in [0.5, 0.6) is 5.75 Å². The summed E-state index contributed by atoms with van der Waals surface area (Å²) >= 11 is 0. The molecule has 0 spiro atoms. The number of nitrogens with one attached hydrogen (secondary N) is 2. The van der Waals surface area contributed by atoms with Gasteiger partial charge in [-0.3, -0.25) is 4.79 Å². The lowest BCUT2D eigenvalue weighted by molar-refractivity contribution is -0.118. The lowest BCUT2D eigenvalue weighted by Gasteiger charge is -2.09. The Balaban J connectivity index is 1.73. The van der Waals surface area contributed by atoms with E-state index in [-0.39, 0.29) is 19.1 Å². The van der Waals surface area contributed by atoms with Gasteiger partial charge in [0.15, 0.2) is 6.61 Å². The van der Waals surface area contributed by atoms with Gasteiger partial charge in [-0.1, -0.05) is 29.8 Å². The molecule has 2 rings (SSSR count). The third-order valence-corrected chi connectivity index (χ3v) is 3.47. The van der Waals surface area contributed by atoms with Crippen LogP contribution in [0.25, 0.3) is 0 Å². The second-order valence-electron chi connectivity index (χ2n) is 5.60. The first-order chi connectivity index (χ1) is 11.7. The predicted molar refractivity (Wildman–Crippen MR) is 95.2 cm³/mol. The SMILES string of the molecule is Cc1ccc(NC(=O)COc2ccc(CNCCCO)cc2)cc1. The highest BCUT2D eigenvalue weighted by Gasteiger charge is 2.04. The van der Waals surface area contributed by atoms with Crippen LogP contribution in [-0.2, 0) is 11.3 Å². The Morgan fingerprint density at radius 1 is 1.08 bits per heavy atom. The molecule has 0 aromatic heterocycles. The van der Waals surface area contributed by atoms with Crippen LogP contribution in [0, 0.1) is 6.92 Å². The topological polar surface area (TPSA) is 70.6 Å². The Bertz CT molecular complexity index is 624. The van der Waals surface area contributed by atoms with E-state index in [4.69, 9.17) is 9.84 Å². The van der Waals surface area contributed by atoms with Crippen LogP contribution < -0.4 is 15.4 Å². The highest BCUT2D eigenvalue weighted by molar-refractivity contribution is 5.91. The van der Waals surface area contributed by atoms with E-state index in [1.807, 2.05) is 55.5 Å². The van der Waals surface area contributed by atoms with Crippen molar-refractivity contribution in [3.8, 4) is 5.75 Å². The number of aliphatic hydroxyl groups excluding tert-OH is 1. The van der Waals surface area contributed by atoms with Gasteiger partial charge in [0.1, 0.15) is 5.75 Å². The molecule has 0 saturated carbocycles. The molecule has 128 valence electrons. The van der Waals surface area contributed by atoms with Crippen LogP contribution in [0.15, 0.2) is 48.5 Å². The number of anilines is 1. The fourth-order valence-corrected chi connectivity index (χ4v) is 2.12. The zero-order chi connectivity index (χ0) is 17.2. The van der Waals surface area contributed by atoms with E-state index in [2.05, 4.69) is 10.6 Å². The molecule has 0 unspecified atom stereocenters. The van der Waals surface area contributed by atoms with Crippen molar-refractivity contribution in [3.05, 3.63) is 59.7 Å². The summed E-state index contributed by atoms with van der Waals surface area (Å²) in [5.74, 6) is 0.474. The summed E-state index contributed by atoms with van der Waals surface area (Å²) in [5, 5.41) is 14.8. The molecule has 3 N–H and O–H groups in total. The Labute approximate surface area is 142 Å². The molecule has 2 aromatic carbocycles. The maximum atomic E-state index is 11.9. The Hall–Kier alpha value is -2.37. The van der Waals surface area contributed by atoms with Gasteiger partial charge >= 0.3 is 0 Å². The standard InChI is InChI=1S/C19H24N2O3/c1-15-3-7-17(8-4-15)21-19(23)14-24-18-9-5-16(6-10-18)13-20-11-2-12-22/h3-10,20,22H,2,11-14H2,1H3,(H,21,23). The van der Waals surface area contributed by atoms with Gasteiger partial charge in [-0.05, 0) is 49.7 Å². The summed E-state index contributed by atoms with van der Waals surface area (Å²) in [5.41, 5.74) is 3.04. The van der Waals surface area contributed by atoms with Gasteiger partial charge in [0.25, 0.3) is 5.91 Å². The lowest BCUT2D eigenvalue weighted by Crippen LogP contribution is -2.20. The quantitative estimate of drug-likeness (QED) is 0.619. The van der Waals surface area contributed by atoms with Crippen molar-refractivity contribution in [3.63, 3.8) is 0 Å². The second kappa shape index (κ2) is 9.70. The fourth-order valence-electron chi connectivity index (χ4n) is 2.12. The van der Waals surface area contributed by atoms with Crippen molar-refractivity contribution in [2.75, 3.05) is 25.1 Å². The number of amides is 1. The molecule has 0 fully saturated rings. The highest BCUT2D eigenvalue weighted by Crippen LogP contribution is 2.13. The fraction of sp³-hybridized carbons (Fsp3) is 0.316. The minimum Gasteiger partial charge on any atom is -0.484 e. The maximum absolute atomic E-state index is 11.9. The van der Waals surface area contributed by atoms with Crippen LogP contribution >= 0.6 is 0 Å². The van der Waals surface area contributed by atoms with Gasteiger partial charge < -0.3 is 20.5 Å². The minimum absolute atomic E-state index is 0.0258. The molecule has 0 bridgehead atoms. The number of carbonyl (C=O) groups excluding carboxylic acids is 1. The zero-order valence-electron chi connectivity index (χ0n) is 13.9. The molecule has 0 heterocycles. The molecule has 24 heavy (non-hydrogen) atoms. The molecule has 1 amide bonds. The van der Waals surface area contributed by atoms with E-state index < -0.39 is 0 Å². The van der Waals surface area contributed by atoms with Crippen molar-refractivity contribution in [2.45, 2.75) is 19.9 Å². The molecule has 2 aromatic rings. The van der Waals surface area contributed by atoms with Crippen molar-refractivity contribution >= 4 is 11.6 Å². The van der Waals surface area contributed by atoms with Gasteiger partial charge in [-0.15, -0.1) is 0 Å². The van der Waals surface area contributed by atoms with E-state index in [1.54, 1.807) is 0 Å². The van der Waals surface area contributed by atoms with Crippen LogP contribution in [0.4, 0.5) is 5.69 Å². The largest absolute Gasteiger partial charge is 0.484 e. The third kappa shape index (κ3) is 6.40. The van der Waals surface area contributed by atoms with E-state index in [0.717, 1.165) is 36.3 Å². The van der Waals surface area contributed by atoms with Crippen LogP contribution in [0.1, 0.15) is 17.5 Å². The normalized spacial score (nSPS) is 10.4. The summed E-state index contributed by atoms with van der Waals surface area (Å²) in [6.07, 6.45) is 0.747. The first-order valence-corrected chi connectivity index (χ1v) is 8.07. The van der Waals surface area contributed by atoms with E-state index in [0.29, 0.717) is 5.75 Å². The molecule has 0 radical (unpaired) electrons. The van der Waals surface area contributed by atoms with Gasteiger partial charge in [0, 0.05) is 18.8 Å². The molecule has 0 aliphatic rings. The molecule has 5 heteroatoms. The minimum atomic E-state index is -0.186. The first-order valence-electron chi connectivity index (χ1n) is 8.07. The van der Waals surface area contributed by atoms with Crippen molar-refractivity contribution in [1.82, 2.24) is 5.32 Å². The number of aryl methyl sites for hydroxylation is 1. The molecular weight excluding hydrogens is 304 g/mol. The molecular formula is C19H24N2O3. The Kier molecular flexibility index (Phi) is 7.26.